The maximum Gasteiger partial charge on any atom is 0.315 e. The Morgan fingerprint density at radius 1 is 1.45 bits per heavy atom. The zero-order valence-corrected chi connectivity index (χ0v) is 12.5. The van der Waals surface area contributed by atoms with Gasteiger partial charge in [0.2, 0.25) is 0 Å². The van der Waals surface area contributed by atoms with E-state index in [1.807, 2.05) is 0 Å². The molecule has 0 heterocycles. The van der Waals surface area contributed by atoms with Crippen LogP contribution in [0.5, 0.6) is 0 Å². The molecule has 0 bridgehead atoms. The van der Waals surface area contributed by atoms with Gasteiger partial charge in [-0.2, -0.15) is 0 Å². The van der Waals surface area contributed by atoms with Gasteiger partial charge < -0.3 is 15.7 Å². The molecule has 0 aliphatic carbocycles. The second kappa shape index (κ2) is 7.84. The zero-order chi connectivity index (χ0) is 15.1. The maximum atomic E-state index is 13.7. The smallest absolute Gasteiger partial charge is 0.315 e. The highest BCUT2D eigenvalue weighted by atomic mass is 79.9. The van der Waals surface area contributed by atoms with E-state index in [0.717, 1.165) is 0 Å². The number of carbonyl (C=O) groups is 2. The number of halogens is 2. The summed E-state index contributed by atoms with van der Waals surface area (Å²) < 4.78 is 14.3. The number of carboxylic acids is 1. The van der Waals surface area contributed by atoms with Crippen LogP contribution in [0.15, 0.2) is 22.7 Å². The Morgan fingerprint density at radius 3 is 2.75 bits per heavy atom. The van der Waals surface area contributed by atoms with E-state index in [9.17, 15) is 14.0 Å². The molecule has 1 aromatic rings. The third kappa shape index (κ3) is 5.56. The van der Waals surface area contributed by atoms with Crippen LogP contribution in [0.3, 0.4) is 0 Å². The van der Waals surface area contributed by atoms with Crippen molar-refractivity contribution in [3.8, 4) is 0 Å². The lowest BCUT2D eigenvalue weighted by Crippen LogP contribution is -2.37. The molecular weight excluding hydrogens is 331 g/mol. The third-order valence-corrected chi connectivity index (χ3v) is 3.12. The van der Waals surface area contributed by atoms with Gasteiger partial charge in [-0.1, -0.05) is 22.0 Å². The van der Waals surface area contributed by atoms with E-state index in [1.165, 1.54) is 6.07 Å². The predicted molar refractivity (Wildman–Crippen MR) is 75.9 cm³/mol. The number of hydrogen-bond donors (Lipinski definition) is 3. The average molecular weight is 347 g/mol. The molecule has 20 heavy (non-hydrogen) atoms. The number of aliphatic carboxylic acids is 1. The third-order valence-electron chi connectivity index (χ3n) is 2.63. The molecule has 0 fully saturated rings. The summed E-state index contributed by atoms with van der Waals surface area (Å²) in [6.07, 6.45) is 0.348. The number of amides is 2. The molecule has 0 spiro atoms. The average Bonchev–Trinajstić information content (AvgIpc) is 2.34. The summed E-state index contributed by atoms with van der Waals surface area (Å²) in [6, 6.07) is 3.68. The van der Waals surface area contributed by atoms with Crippen molar-refractivity contribution in [1.82, 2.24) is 10.6 Å². The summed E-state index contributed by atoms with van der Waals surface area (Å²) in [5.74, 6) is -1.31. The van der Waals surface area contributed by atoms with Crippen LogP contribution in [0.1, 0.15) is 31.4 Å². The van der Waals surface area contributed by atoms with Crippen molar-refractivity contribution in [1.29, 1.82) is 0 Å². The van der Waals surface area contributed by atoms with E-state index < -0.39 is 23.9 Å². The number of carboxylic acid groups (broad SMARTS) is 1. The van der Waals surface area contributed by atoms with Crippen molar-refractivity contribution in [3.05, 3.63) is 34.1 Å². The zero-order valence-electron chi connectivity index (χ0n) is 11.0. The molecule has 0 aliphatic heterocycles. The normalized spacial score (nSPS) is 11.8. The van der Waals surface area contributed by atoms with Crippen LogP contribution in [-0.2, 0) is 4.79 Å². The Balaban J connectivity index is 2.43. The lowest BCUT2D eigenvalue weighted by Gasteiger charge is -2.15. The van der Waals surface area contributed by atoms with E-state index >= 15 is 0 Å². The predicted octanol–water partition coefficient (Wildman–Crippen LogP) is 2.81. The van der Waals surface area contributed by atoms with E-state index in [4.69, 9.17) is 5.11 Å². The second-order valence-corrected chi connectivity index (χ2v) is 5.20. The molecule has 1 aromatic carbocycles. The van der Waals surface area contributed by atoms with Gasteiger partial charge in [0, 0.05) is 23.0 Å². The van der Waals surface area contributed by atoms with Gasteiger partial charge in [-0.15, -0.1) is 0 Å². The Kier molecular flexibility index (Phi) is 6.44. The highest BCUT2D eigenvalue weighted by Gasteiger charge is 2.13. The van der Waals surface area contributed by atoms with Crippen LogP contribution in [-0.4, -0.2) is 23.7 Å². The minimum absolute atomic E-state index is 0.00280. The molecule has 1 atom stereocenters. The van der Waals surface area contributed by atoms with Crippen LogP contribution in [0.25, 0.3) is 0 Å². The quantitative estimate of drug-likeness (QED) is 0.693. The van der Waals surface area contributed by atoms with Crippen molar-refractivity contribution in [3.63, 3.8) is 0 Å². The highest BCUT2D eigenvalue weighted by Crippen LogP contribution is 2.20. The molecule has 7 heteroatoms. The van der Waals surface area contributed by atoms with Gasteiger partial charge in [0.15, 0.2) is 0 Å². The summed E-state index contributed by atoms with van der Waals surface area (Å²) in [6.45, 7) is 1.93. The lowest BCUT2D eigenvalue weighted by atomic mass is 10.1. The molecule has 1 unspecified atom stereocenters. The number of urea groups is 1. The lowest BCUT2D eigenvalue weighted by molar-refractivity contribution is -0.137. The summed E-state index contributed by atoms with van der Waals surface area (Å²) in [4.78, 5) is 21.8. The molecular formula is C13H16BrFN2O3. The van der Waals surface area contributed by atoms with Crippen molar-refractivity contribution >= 4 is 27.9 Å². The van der Waals surface area contributed by atoms with Crippen molar-refractivity contribution in [2.24, 2.45) is 0 Å². The van der Waals surface area contributed by atoms with Crippen molar-refractivity contribution in [2.75, 3.05) is 6.54 Å². The molecule has 5 nitrogen and oxygen atoms in total. The summed E-state index contributed by atoms with van der Waals surface area (Å²) in [5.41, 5.74) is 0.383. The van der Waals surface area contributed by atoms with Gasteiger partial charge in [-0.25, -0.2) is 9.18 Å². The van der Waals surface area contributed by atoms with Crippen LogP contribution < -0.4 is 10.6 Å². The Morgan fingerprint density at radius 2 is 2.15 bits per heavy atom. The monoisotopic (exact) mass is 346 g/mol. The number of hydrogen-bond acceptors (Lipinski definition) is 2. The Hall–Kier alpha value is -1.63. The van der Waals surface area contributed by atoms with Crippen LogP contribution in [0, 0.1) is 5.82 Å². The molecule has 0 aliphatic rings. The van der Waals surface area contributed by atoms with Gasteiger partial charge in [0.05, 0.1) is 6.04 Å². The summed E-state index contributed by atoms with van der Waals surface area (Å²) >= 11 is 3.16. The van der Waals surface area contributed by atoms with Gasteiger partial charge in [0.1, 0.15) is 5.82 Å². The minimum atomic E-state index is -0.905. The van der Waals surface area contributed by atoms with E-state index in [0.29, 0.717) is 16.5 Å². The number of carbonyl (C=O) groups excluding carboxylic acids is 1. The first-order chi connectivity index (χ1) is 9.40. The van der Waals surface area contributed by atoms with Gasteiger partial charge in [-0.05, 0) is 25.5 Å². The van der Waals surface area contributed by atoms with Gasteiger partial charge >= 0.3 is 12.0 Å². The largest absolute Gasteiger partial charge is 0.481 e. The SMILES string of the molecule is CC(NC(=O)NCCCC(=O)O)c1ccc(Br)cc1F. The standard InChI is InChI=1S/C13H16BrFN2O3/c1-8(10-5-4-9(14)7-11(10)15)17-13(20)16-6-2-3-12(18)19/h4-5,7-8H,2-3,6H2,1H3,(H,18,19)(H2,16,17,20). The minimum Gasteiger partial charge on any atom is -0.481 e. The fourth-order valence-corrected chi connectivity index (χ4v) is 1.95. The van der Waals surface area contributed by atoms with Crippen LogP contribution >= 0.6 is 15.9 Å². The fraction of sp³-hybridized carbons (Fsp3) is 0.385. The van der Waals surface area contributed by atoms with E-state index in [1.54, 1.807) is 19.1 Å². The second-order valence-electron chi connectivity index (χ2n) is 4.29. The Labute approximate surface area is 124 Å². The highest BCUT2D eigenvalue weighted by molar-refractivity contribution is 9.10. The number of nitrogens with one attached hydrogen (secondary N) is 2. The molecule has 3 N–H and O–H groups in total. The van der Waals surface area contributed by atoms with Crippen molar-refractivity contribution in [2.45, 2.75) is 25.8 Å². The van der Waals surface area contributed by atoms with E-state index in [2.05, 4.69) is 26.6 Å². The first-order valence-corrected chi connectivity index (χ1v) is 6.90. The number of rotatable bonds is 6. The first-order valence-electron chi connectivity index (χ1n) is 6.11. The van der Waals surface area contributed by atoms with Crippen LogP contribution in [0.4, 0.5) is 9.18 Å². The molecule has 0 aromatic heterocycles. The molecule has 2 amide bonds. The van der Waals surface area contributed by atoms with Gasteiger partial charge in [0.25, 0.3) is 0 Å². The summed E-state index contributed by atoms with van der Waals surface area (Å²) in [7, 11) is 0. The maximum absolute atomic E-state index is 13.7. The van der Waals surface area contributed by atoms with Crippen molar-refractivity contribution < 1.29 is 19.1 Å². The molecule has 0 radical (unpaired) electrons. The Bertz CT molecular complexity index is 497. The molecule has 1 rings (SSSR count). The summed E-state index contributed by atoms with van der Waals surface area (Å²) in [5, 5.41) is 13.6. The molecule has 0 saturated heterocycles. The van der Waals surface area contributed by atoms with Gasteiger partial charge in [-0.3, -0.25) is 4.79 Å². The molecule has 0 saturated carbocycles. The fourth-order valence-electron chi connectivity index (χ4n) is 1.62. The topological polar surface area (TPSA) is 78.4 Å². The van der Waals surface area contributed by atoms with Crippen LogP contribution in [0.2, 0.25) is 0 Å². The molecule has 110 valence electrons. The van der Waals surface area contributed by atoms with E-state index in [-0.39, 0.29) is 13.0 Å². The number of benzene rings is 1. The first kappa shape index (κ1) is 16.4.